The maximum Gasteiger partial charge on any atom is 0.226 e. The molecule has 6 heteroatoms. The zero-order valence-electron chi connectivity index (χ0n) is 12.0. The molecule has 0 radical (unpaired) electrons. The van der Waals surface area contributed by atoms with Gasteiger partial charge in [0.1, 0.15) is 11.8 Å². The molecule has 2 heterocycles. The monoisotopic (exact) mass is 285 g/mol. The van der Waals surface area contributed by atoms with Gasteiger partial charge in [-0.3, -0.25) is 4.79 Å². The number of anilines is 1. The van der Waals surface area contributed by atoms with Crippen LogP contribution in [0.4, 0.5) is 5.95 Å². The summed E-state index contributed by atoms with van der Waals surface area (Å²) in [6.07, 6.45) is 6.69. The van der Waals surface area contributed by atoms with Crippen LogP contribution in [0.15, 0.2) is 12.3 Å². The van der Waals surface area contributed by atoms with Crippen LogP contribution in [-0.4, -0.2) is 35.0 Å². The molecular formula is C15H19N5O. The van der Waals surface area contributed by atoms with Crippen molar-refractivity contribution < 1.29 is 4.79 Å². The Morgan fingerprint density at radius 3 is 2.71 bits per heavy atom. The van der Waals surface area contributed by atoms with Gasteiger partial charge in [-0.2, -0.15) is 5.26 Å². The van der Waals surface area contributed by atoms with Gasteiger partial charge in [-0.05, 0) is 31.7 Å². The molecule has 1 N–H and O–H groups in total. The van der Waals surface area contributed by atoms with E-state index in [9.17, 15) is 4.79 Å². The average Bonchev–Trinajstić information content (AvgIpc) is 2.46. The van der Waals surface area contributed by atoms with Crippen molar-refractivity contribution in [1.82, 2.24) is 15.3 Å². The Morgan fingerprint density at radius 1 is 1.33 bits per heavy atom. The number of nitriles is 1. The lowest BCUT2D eigenvalue weighted by Gasteiger charge is -2.34. The summed E-state index contributed by atoms with van der Waals surface area (Å²) >= 11 is 0. The van der Waals surface area contributed by atoms with Gasteiger partial charge in [0.2, 0.25) is 11.9 Å². The van der Waals surface area contributed by atoms with Crippen LogP contribution in [0.2, 0.25) is 0 Å². The number of rotatable bonds is 3. The number of hydrogen-bond donors (Lipinski definition) is 1. The van der Waals surface area contributed by atoms with Crippen LogP contribution in [0, 0.1) is 17.2 Å². The second-order valence-corrected chi connectivity index (χ2v) is 5.75. The van der Waals surface area contributed by atoms with Crippen molar-refractivity contribution in [3.63, 3.8) is 0 Å². The molecule has 1 aliphatic carbocycles. The Kier molecular flexibility index (Phi) is 4.00. The molecule has 1 aromatic heterocycles. The van der Waals surface area contributed by atoms with E-state index in [1.165, 1.54) is 6.42 Å². The second kappa shape index (κ2) is 6.08. The summed E-state index contributed by atoms with van der Waals surface area (Å²) in [5, 5.41) is 12.0. The maximum absolute atomic E-state index is 11.9. The molecule has 0 spiro atoms. The molecule has 2 aliphatic rings. The van der Waals surface area contributed by atoms with Gasteiger partial charge in [0, 0.05) is 31.2 Å². The fourth-order valence-electron chi connectivity index (χ4n) is 2.78. The standard InChI is InChI=1S/C15H19N5O/c16-10-13-4-7-17-15(19-13)20-8-5-12(6-9-20)18-14(21)11-2-1-3-11/h4,7,11-12H,1-3,5-6,8-9H2,(H,18,21). The van der Waals surface area contributed by atoms with Gasteiger partial charge in [-0.25, -0.2) is 9.97 Å². The van der Waals surface area contributed by atoms with Gasteiger partial charge in [0.15, 0.2) is 0 Å². The number of nitrogens with one attached hydrogen (secondary N) is 1. The molecule has 0 unspecified atom stereocenters. The van der Waals surface area contributed by atoms with Crippen molar-refractivity contribution in [2.45, 2.75) is 38.1 Å². The number of carbonyl (C=O) groups excluding carboxylic acids is 1. The van der Waals surface area contributed by atoms with E-state index in [1.54, 1.807) is 12.3 Å². The summed E-state index contributed by atoms with van der Waals surface area (Å²) in [6, 6.07) is 3.90. The summed E-state index contributed by atoms with van der Waals surface area (Å²) in [5.74, 6) is 1.08. The number of carbonyl (C=O) groups is 1. The molecule has 1 amide bonds. The molecule has 2 fully saturated rings. The molecule has 0 bridgehead atoms. The first-order chi connectivity index (χ1) is 10.3. The van der Waals surface area contributed by atoms with Crippen LogP contribution < -0.4 is 10.2 Å². The van der Waals surface area contributed by atoms with E-state index < -0.39 is 0 Å². The average molecular weight is 285 g/mol. The van der Waals surface area contributed by atoms with E-state index >= 15 is 0 Å². The minimum atomic E-state index is 0.224. The third-order valence-corrected chi connectivity index (χ3v) is 4.36. The highest BCUT2D eigenvalue weighted by Crippen LogP contribution is 2.27. The van der Waals surface area contributed by atoms with Gasteiger partial charge >= 0.3 is 0 Å². The van der Waals surface area contributed by atoms with Crippen molar-refractivity contribution in [3.05, 3.63) is 18.0 Å². The quantitative estimate of drug-likeness (QED) is 0.903. The minimum Gasteiger partial charge on any atom is -0.353 e. The largest absolute Gasteiger partial charge is 0.353 e. The van der Waals surface area contributed by atoms with E-state index in [0.717, 1.165) is 38.8 Å². The summed E-state index contributed by atoms with van der Waals surface area (Å²) < 4.78 is 0. The lowest BCUT2D eigenvalue weighted by atomic mass is 9.84. The lowest BCUT2D eigenvalue weighted by molar-refractivity contribution is -0.128. The molecule has 0 aromatic carbocycles. The topological polar surface area (TPSA) is 81.9 Å². The van der Waals surface area contributed by atoms with Crippen LogP contribution in [0.3, 0.4) is 0 Å². The predicted molar refractivity (Wildman–Crippen MR) is 77.5 cm³/mol. The Hall–Kier alpha value is -2.16. The maximum atomic E-state index is 11.9. The lowest BCUT2D eigenvalue weighted by Crippen LogP contribution is -2.47. The molecule has 6 nitrogen and oxygen atoms in total. The fourth-order valence-corrected chi connectivity index (χ4v) is 2.78. The normalized spacial score (nSPS) is 19.7. The Labute approximate surface area is 124 Å². The van der Waals surface area contributed by atoms with Crippen molar-refractivity contribution in [1.29, 1.82) is 5.26 Å². The van der Waals surface area contributed by atoms with Gasteiger partial charge < -0.3 is 10.2 Å². The number of hydrogen-bond acceptors (Lipinski definition) is 5. The van der Waals surface area contributed by atoms with Gasteiger partial charge in [0.05, 0.1) is 0 Å². The third-order valence-electron chi connectivity index (χ3n) is 4.36. The first-order valence-electron chi connectivity index (χ1n) is 7.55. The summed E-state index contributed by atoms with van der Waals surface area (Å²) in [6.45, 7) is 1.62. The number of aromatic nitrogens is 2. The molecule has 1 saturated heterocycles. The first-order valence-corrected chi connectivity index (χ1v) is 7.55. The highest BCUT2D eigenvalue weighted by atomic mass is 16.2. The predicted octanol–water partition coefficient (Wildman–Crippen LogP) is 1.23. The van der Waals surface area contributed by atoms with Gasteiger partial charge in [-0.15, -0.1) is 0 Å². The highest BCUT2D eigenvalue weighted by Gasteiger charge is 2.28. The third kappa shape index (κ3) is 3.13. The van der Waals surface area contributed by atoms with Crippen LogP contribution in [0.5, 0.6) is 0 Å². The van der Waals surface area contributed by atoms with E-state index in [4.69, 9.17) is 5.26 Å². The van der Waals surface area contributed by atoms with Crippen LogP contribution in [0.1, 0.15) is 37.8 Å². The molecule has 0 atom stereocenters. The van der Waals surface area contributed by atoms with Crippen molar-refractivity contribution in [2.24, 2.45) is 5.92 Å². The van der Waals surface area contributed by atoms with Crippen LogP contribution in [-0.2, 0) is 4.79 Å². The number of nitrogens with zero attached hydrogens (tertiary/aromatic N) is 4. The van der Waals surface area contributed by atoms with Gasteiger partial charge in [0.25, 0.3) is 0 Å². The van der Waals surface area contributed by atoms with Crippen molar-refractivity contribution in [3.8, 4) is 6.07 Å². The Morgan fingerprint density at radius 2 is 2.10 bits per heavy atom. The van der Waals surface area contributed by atoms with E-state index in [-0.39, 0.29) is 17.9 Å². The van der Waals surface area contributed by atoms with E-state index in [0.29, 0.717) is 11.6 Å². The van der Waals surface area contributed by atoms with Crippen LogP contribution in [0.25, 0.3) is 0 Å². The molecule has 1 aromatic rings. The Bertz CT molecular complexity index is 555. The first kappa shape index (κ1) is 13.8. The van der Waals surface area contributed by atoms with Crippen LogP contribution >= 0.6 is 0 Å². The SMILES string of the molecule is N#Cc1ccnc(N2CCC(NC(=O)C3CCC3)CC2)n1. The number of piperidine rings is 1. The van der Waals surface area contributed by atoms with Crippen molar-refractivity contribution in [2.75, 3.05) is 18.0 Å². The summed E-state index contributed by atoms with van der Waals surface area (Å²) in [5.41, 5.74) is 0.389. The highest BCUT2D eigenvalue weighted by molar-refractivity contribution is 5.79. The zero-order valence-corrected chi connectivity index (χ0v) is 12.0. The molecule has 3 rings (SSSR count). The Balaban J connectivity index is 1.52. The molecule has 21 heavy (non-hydrogen) atoms. The van der Waals surface area contributed by atoms with E-state index in [1.807, 2.05) is 6.07 Å². The molecule has 1 aliphatic heterocycles. The smallest absolute Gasteiger partial charge is 0.226 e. The minimum absolute atomic E-state index is 0.224. The van der Waals surface area contributed by atoms with Crippen molar-refractivity contribution >= 4 is 11.9 Å². The van der Waals surface area contributed by atoms with E-state index in [2.05, 4.69) is 20.2 Å². The zero-order chi connectivity index (χ0) is 14.7. The molecular weight excluding hydrogens is 266 g/mol. The molecule has 110 valence electrons. The summed E-state index contributed by atoms with van der Waals surface area (Å²) in [7, 11) is 0. The summed E-state index contributed by atoms with van der Waals surface area (Å²) in [4.78, 5) is 22.5. The second-order valence-electron chi connectivity index (χ2n) is 5.75. The number of amides is 1. The van der Waals surface area contributed by atoms with Gasteiger partial charge in [-0.1, -0.05) is 6.42 Å². The fraction of sp³-hybridized carbons (Fsp3) is 0.600. The molecule has 1 saturated carbocycles.